The quantitative estimate of drug-likeness (QED) is 0.756. The van der Waals surface area contributed by atoms with Gasteiger partial charge in [-0.2, -0.15) is 0 Å². The highest BCUT2D eigenvalue weighted by Crippen LogP contribution is 2.34. The lowest BCUT2D eigenvalue weighted by Gasteiger charge is -2.20. The minimum absolute atomic E-state index is 0.895. The van der Waals surface area contributed by atoms with Gasteiger partial charge in [-0.15, -0.1) is 0 Å². The van der Waals surface area contributed by atoms with Gasteiger partial charge in [0.1, 0.15) is 0 Å². The second-order valence-corrected chi connectivity index (χ2v) is 6.98. The van der Waals surface area contributed by atoms with Gasteiger partial charge in [-0.05, 0) is 61.6 Å². The Bertz CT molecular complexity index is 670. The van der Waals surface area contributed by atoms with Crippen molar-refractivity contribution in [1.82, 2.24) is 0 Å². The maximum Gasteiger partial charge on any atom is 0.161 e. The Morgan fingerprint density at radius 1 is 1.10 bits per heavy atom. The molecule has 21 heavy (non-hydrogen) atoms. The van der Waals surface area contributed by atoms with Crippen molar-refractivity contribution in [3.05, 3.63) is 70.8 Å². The van der Waals surface area contributed by atoms with Crippen molar-refractivity contribution >= 4 is 16.1 Å². The lowest BCUT2D eigenvalue weighted by atomic mass is 9.95. The van der Waals surface area contributed by atoms with E-state index < -0.39 is 11.2 Å². The molecule has 0 heterocycles. The SMILES string of the molecule is CCc1ccc([S+]([O-])C2=CCCc3cc(C)ccc32)cc1. The summed E-state index contributed by atoms with van der Waals surface area (Å²) in [5.74, 6) is 0. The second-order valence-electron chi connectivity index (χ2n) is 5.53. The molecular formula is C19H20OS. The summed E-state index contributed by atoms with van der Waals surface area (Å²) in [7, 11) is 0. The number of rotatable bonds is 3. The van der Waals surface area contributed by atoms with Gasteiger partial charge in [0.2, 0.25) is 0 Å². The molecule has 1 aliphatic rings. The second kappa shape index (κ2) is 6.08. The lowest BCUT2D eigenvalue weighted by Crippen LogP contribution is -2.10. The first-order chi connectivity index (χ1) is 10.2. The standard InChI is InChI=1S/C19H20OS/c1-3-15-8-10-17(11-9-15)21(20)19-6-4-5-16-13-14(2)7-12-18(16)19/h6-13H,3-5H2,1-2H3. The maximum atomic E-state index is 12.9. The zero-order valence-electron chi connectivity index (χ0n) is 12.6. The van der Waals surface area contributed by atoms with Gasteiger partial charge in [0.05, 0.1) is 0 Å². The molecule has 0 spiro atoms. The minimum Gasteiger partial charge on any atom is -0.606 e. The molecule has 3 rings (SSSR count). The van der Waals surface area contributed by atoms with Crippen LogP contribution < -0.4 is 0 Å². The van der Waals surface area contributed by atoms with Crippen LogP contribution in [0.5, 0.6) is 0 Å². The van der Waals surface area contributed by atoms with Crippen LogP contribution in [-0.4, -0.2) is 4.55 Å². The molecule has 1 nitrogen and oxygen atoms in total. The zero-order valence-corrected chi connectivity index (χ0v) is 13.4. The summed E-state index contributed by atoms with van der Waals surface area (Å²) < 4.78 is 12.9. The van der Waals surface area contributed by atoms with E-state index in [1.165, 1.54) is 16.7 Å². The number of allylic oxidation sites excluding steroid dienone is 1. The molecule has 1 aliphatic carbocycles. The maximum absolute atomic E-state index is 12.9. The van der Waals surface area contributed by atoms with Crippen molar-refractivity contribution < 1.29 is 4.55 Å². The van der Waals surface area contributed by atoms with Crippen LogP contribution in [0, 0.1) is 6.92 Å². The lowest BCUT2D eigenvalue weighted by molar-refractivity contribution is 0.604. The molecule has 0 bridgehead atoms. The summed E-state index contributed by atoms with van der Waals surface area (Å²) in [6.45, 7) is 4.24. The Morgan fingerprint density at radius 3 is 2.57 bits per heavy atom. The van der Waals surface area contributed by atoms with Crippen molar-refractivity contribution in [2.45, 2.75) is 38.0 Å². The third-order valence-electron chi connectivity index (χ3n) is 4.02. The summed E-state index contributed by atoms with van der Waals surface area (Å²) in [6, 6.07) is 14.6. The Hall–Kier alpha value is -1.51. The molecule has 0 N–H and O–H groups in total. The van der Waals surface area contributed by atoms with Crippen LogP contribution in [0.4, 0.5) is 0 Å². The van der Waals surface area contributed by atoms with Crippen molar-refractivity contribution in [2.75, 3.05) is 0 Å². The van der Waals surface area contributed by atoms with Crippen LogP contribution in [0.25, 0.3) is 4.91 Å². The molecular weight excluding hydrogens is 276 g/mol. The molecule has 0 fully saturated rings. The summed E-state index contributed by atoms with van der Waals surface area (Å²) in [5.41, 5.74) is 5.04. The van der Waals surface area contributed by atoms with Crippen LogP contribution in [0.2, 0.25) is 0 Å². The van der Waals surface area contributed by atoms with Crippen LogP contribution in [-0.2, 0) is 24.0 Å². The Kier molecular flexibility index (Phi) is 4.18. The largest absolute Gasteiger partial charge is 0.606 e. The van der Waals surface area contributed by atoms with E-state index in [4.69, 9.17) is 0 Å². The molecule has 0 amide bonds. The van der Waals surface area contributed by atoms with Crippen molar-refractivity contribution in [2.24, 2.45) is 0 Å². The Labute approximate surface area is 129 Å². The molecule has 0 saturated heterocycles. The average molecular weight is 296 g/mol. The van der Waals surface area contributed by atoms with Crippen LogP contribution in [0.15, 0.2) is 53.4 Å². The predicted molar refractivity (Wildman–Crippen MR) is 89.7 cm³/mol. The summed E-state index contributed by atoms with van der Waals surface area (Å²) in [4.78, 5) is 1.87. The molecule has 0 aromatic heterocycles. The third-order valence-corrected chi connectivity index (χ3v) is 5.50. The Balaban J connectivity index is 1.94. The predicted octanol–water partition coefficient (Wildman–Crippen LogP) is 4.65. The molecule has 2 aromatic carbocycles. The van der Waals surface area contributed by atoms with Crippen molar-refractivity contribution in [3.63, 3.8) is 0 Å². The van der Waals surface area contributed by atoms with Crippen LogP contribution in [0.1, 0.15) is 35.6 Å². The molecule has 108 valence electrons. The highest BCUT2D eigenvalue weighted by molar-refractivity contribution is 8.00. The van der Waals surface area contributed by atoms with Crippen LogP contribution >= 0.6 is 0 Å². The number of fused-ring (bicyclic) bond motifs is 1. The van der Waals surface area contributed by atoms with Gasteiger partial charge in [0.15, 0.2) is 9.80 Å². The van der Waals surface area contributed by atoms with E-state index in [2.05, 4.69) is 50.3 Å². The van der Waals surface area contributed by atoms with Gasteiger partial charge in [0, 0.05) is 16.7 Å². The molecule has 0 radical (unpaired) electrons. The van der Waals surface area contributed by atoms with Gasteiger partial charge in [-0.25, -0.2) is 0 Å². The van der Waals surface area contributed by atoms with E-state index >= 15 is 0 Å². The van der Waals surface area contributed by atoms with E-state index in [-0.39, 0.29) is 0 Å². The Morgan fingerprint density at radius 2 is 1.86 bits per heavy atom. The van der Waals surface area contributed by atoms with E-state index in [0.717, 1.165) is 34.6 Å². The molecule has 2 heteroatoms. The molecule has 0 saturated carbocycles. The van der Waals surface area contributed by atoms with Gasteiger partial charge in [0.25, 0.3) is 0 Å². The molecule has 1 atom stereocenters. The van der Waals surface area contributed by atoms with Gasteiger partial charge in [-0.1, -0.05) is 36.8 Å². The molecule has 0 aliphatic heterocycles. The minimum atomic E-state index is -1.09. The number of hydrogen-bond donors (Lipinski definition) is 0. The molecule has 2 aromatic rings. The fourth-order valence-electron chi connectivity index (χ4n) is 2.79. The first kappa shape index (κ1) is 14.4. The highest BCUT2D eigenvalue weighted by atomic mass is 32.2. The summed E-state index contributed by atoms with van der Waals surface area (Å²) >= 11 is -1.09. The van der Waals surface area contributed by atoms with Crippen molar-refractivity contribution in [3.8, 4) is 0 Å². The normalized spacial score (nSPS) is 15.3. The van der Waals surface area contributed by atoms with Crippen LogP contribution in [0.3, 0.4) is 0 Å². The zero-order chi connectivity index (χ0) is 14.8. The van der Waals surface area contributed by atoms with E-state index in [1.807, 2.05) is 12.1 Å². The number of benzene rings is 2. The van der Waals surface area contributed by atoms with Crippen molar-refractivity contribution in [1.29, 1.82) is 0 Å². The summed E-state index contributed by atoms with van der Waals surface area (Å²) in [6.07, 6.45) is 5.18. The third kappa shape index (κ3) is 2.92. The van der Waals surface area contributed by atoms with E-state index in [9.17, 15) is 4.55 Å². The first-order valence-corrected chi connectivity index (χ1v) is 8.65. The van der Waals surface area contributed by atoms with Gasteiger partial charge in [-0.3, -0.25) is 0 Å². The fraction of sp³-hybridized carbons (Fsp3) is 0.263. The summed E-state index contributed by atoms with van der Waals surface area (Å²) in [5, 5.41) is 0. The monoisotopic (exact) mass is 296 g/mol. The smallest absolute Gasteiger partial charge is 0.161 e. The first-order valence-electron chi connectivity index (χ1n) is 7.50. The van der Waals surface area contributed by atoms with E-state index in [0.29, 0.717) is 0 Å². The van der Waals surface area contributed by atoms with Gasteiger partial charge >= 0.3 is 0 Å². The molecule has 1 unspecified atom stereocenters. The topological polar surface area (TPSA) is 23.1 Å². The fourth-order valence-corrected chi connectivity index (χ4v) is 4.10. The number of hydrogen-bond acceptors (Lipinski definition) is 1. The highest BCUT2D eigenvalue weighted by Gasteiger charge is 2.24. The van der Waals surface area contributed by atoms with E-state index in [1.54, 1.807) is 0 Å². The van der Waals surface area contributed by atoms with Gasteiger partial charge < -0.3 is 4.55 Å². The average Bonchev–Trinajstić information content (AvgIpc) is 2.53. The number of aryl methyl sites for hydroxylation is 3.